The molecule has 0 spiro atoms. The number of rotatable bonds is 6. The maximum atomic E-state index is 14.4. The zero-order valence-electron chi connectivity index (χ0n) is 18.2. The van der Waals surface area contributed by atoms with Crippen LogP contribution in [0, 0.1) is 24.4 Å². The highest BCUT2D eigenvalue weighted by Gasteiger charge is 2.25. The SMILES string of the molecule is CCN(CC(=O)Nc1c(F)cccc1F)C(=O)c1cc(-c2ccccc2F)nc2onc(C)c12. The fourth-order valence-corrected chi connectivity index (χ4v) is 3.54. The van der Waals surface area contributed by atoms with Crippen molar-refractivity contribution in [2.45, 2.75) is 13.8 Å². The third kappa shape index (κ3) is 4.34. The van der Waals surface area contributed by atoms with E-state index in [1.54, 1.807) is 19.9 Å². The van der Waals surface area contributed by atoms with Crippen LogP contribution in [-0.2, 0) is 4.79 Å². The van der Waals surface area contributed by atoms with Crippen molar-refractivity contribution >= 4 is 28.6 Å². The molecule has 0 aliphatic carbocycles. The van der Waals surface area contributed by atoms with Gasteiger partial charge in [-0.05, 0) is 44.2 Å². The lowest BCUT2D eigenvalue weighted by molar-refractivity contribution is -0.116. The van der Waals surface area contributed by atoms with Crippen molar-refractivity contribution in [2.75, 3.05) is 18.4 Å². The van der Waals surface area contributed by atoms with Crippen molar-refractivity contribution in [2.24, 2.45) is 0 Å². The van der Waals surface area contributed by atoms with Crippen LogP contribution in [0.5, 0.6) is 0 Å². The summed E-state index contributed by atoms with van der Waals surface area (Å²) in [4.78, 5) is 31.4. The number of carbonyl (C=O) groups is 2. The van der Waals surface area contributed by atoms with Gasteiger partial charge in [0.15, 0.2) is 0 Å². The molecule has 7 nitrogen and oxygen atoms in total. The Hall–Kier alpha value is -4.21. The fourth-order valence-electron chi connectivity index (χ4n) is 3.54. The summed E-state index contributed by atoms with van der Waals surface area (Å²) in [6, 6.07) is 10.5. The lowest BCUT2D eigenvalue weighted by Gasteiger charge is -2.21. The van der Waals surface area contributed by atoms with E-state index in [4.69, 9.17) is 4.52 Å². The van der Waals surface area contributed by atoms with E-state index in [1.807, 2.05) is 0 Å². The number of amides is 2. The zero-order valence-corrected chi connectivity index (χ0v) is 18.2. The number of benzene rings is 2. The number of para-hydroxylation sites is 1. The molecule has 0 aliphatic rings. The second-order valence-electron chi connectivity index (χ2n) is 7.45. The van der Waals surface area contributed by atoms with E-state index in [9.17, 15) is 22.8 Å². The third-order valence-corrected chi connectivity index (χ3v) is 5.23. The quantitative estimate of drug-likeness (QED) is 0.443. The van der Waals surface area contributed by atoms with Crippen LogP contribution in [-0.4, -0.2) is 39.9 Å². The summed E-state index contributed by atoms with van der Waals surface area (Å²) in [6.45, 7) is 2.89. The van der Waals surface area contributed by atoms with Crippen LogP contribution in [0.3, 0.4) is 0 Å². The molecule has 0 radical (unpaired) electrons. The first-order valence-corrected chi connectivity index (χ1v) is 10.3. The van der Waals surface area contributed by atoms with Crippen molar-refractivity contribution in [3.05, 3.63) is 77.2 Å². The number of carbonyl (C=O) groups excluding carboxylic acids is 2. The number of hydrogen-bond acceptors (Lipinski definition) is 5. The second-order valence-corrected chi connectivity index (χ2v) is 7.45. The Kier molecular flexibility index (Phi) is 6.31. The van der Waals surface area contributed by atoms with Gasteiger partial charge in [-0.25, -0.2) is 18.2 Å². The Bertz CT molecular complexity index is 1380. The topological polar surface area (TPSA) is 88.3 Å². The molecule has 2 aromatic carbocycles. The largest absolute Gasteiger partial charge is 0.335 e. The van der Waals surface area contributed by atoms with Gasteiger partial charge in [-0.2, -0.15) is 0 Å². The molecule has 0 saturated heterocycles. The molecular weight excluding hydrogens is 449 g/mol. The van der Waals surface area contributed by atoms with Crippen LogP contribution in [0.1, 0.15) is 23.0 Å². The lowest BCUT2D eigenvalue weighted by Crippen LogP contribution is -2.38. The predicted octanol–water partition coefficient (Wildman–Crippen LogP) is 4.72. The molecule has 34 heavy (non-hydrogen) atoms. The molecule has 174 valence electrons. The van der Waals surface area contributed by atoms with E-state index in [2.05, 4.69) is 15.5 Å². The lowest BCUT2D eigenvalue weighted by atomic mass is 10.0. The smallest absolute Gasteiger partial charge is 0.259 e. The molecule has 2 aromatic heterocycles. The molecule has 0 aliphatic heterocycles. The highest BCUT2D eigenvalue weighted by Crippen LogP contribution is 2.29. The minimum atomic E-state index is -0.937. The number of nitrogens with zero attached hydrogens (tertiary/aromatic N) is 3. The zero-order chi connectivity index (χ0) is 24.4. The van der Waals surface area contributed by atoms with Gasteiger partial charge in [0.25, 0.3) is 11.6 Å². The maximum absolute atomic E-state index is 14.4. The van der Waals surface area contributed by atoms with E-state index >= 15 is 0 Å². The number of anilines is 1. The third-order valence-electron chi connectivity index (χ3n) is 5.23. The average Bonchev–Trinajstić information content (AvgIpc) is 3.20. The Labute approximate surface area is 192 Å². The highest BCUT2D eigenvalue weighted by molar-refractivity contribution is 6.08. The van der Waals surface area contributed by atoms with Crippen LogP contribution in [0.25, 0.3) is 22.4 Å². The summed E-state index contributed by atoms with van der Waals surface area (Å²) in [5.74, 6) is -3.78. The second kappa shape index (κ2) is 9.34. The first-order valence-electron chi connectivity index (χ1n) is 10.3. The minimum absolute atomic E-state index is 0.0375. The Morgan fingerprint density at radius 3 is 2.38 bits per heavy atom. The van der Waals surface area contributed by atoms with Crippen LogP contribution in [0.2, 0.25) is 0 Å². The summed E-state index contributed by atoms with van der Waals surface area (Å²) in [5, 5.41) is 6.34. The normalized spacial score (nSPS) is 11.0. The van der Waals surface area contributed by atoms with E-state index in [-0.39, 0.29) is 29.1 Å². The summed E-state index contributed by atoms with van der Waals surface area (Å²) in [5.41, 5.74) is 0.241. The van der Waals surface area contributed by atoms with Crippen LogP contribution in [0.4, 0.5) is 18.9 Å². The maximum Gasteiger partial charge on any atom is 0.259 e. The van der Waals surface area contributed by atoms with Crippen molar-refractivity contribution in [1.29, 1.82) is 0 Å². The van der Waals surface area contributed by atoms with Gasteiger partial charge >= 0.3 is 0 Å². The van der Waals surface area contributed by atoms with Gasteiger partial charge in [-0.1, -0.05) is 23.4 Å². The Morgan fingerprint density at radius 2 is 1.71 bits per heavy atom. The Morgan fingerprint density at radius 1 is 1.03 bits per heavy atom. The summed E-state index contributed by atoms with van der Waals surface area (Å²) in [7, 11) is 0. The van der Waals surface area contributed by atoms with E-state index in [1.165, 1.54) is 35.2 Å². The fraction of sp³-hybridized carbons (Fsp3) is 0.167. The average molecular weight is 468 g/mol. The monoisotopic (exact) mass is 468 g/mol. The standard InChI is InChI=1S/C24H19F3N4O3/c1-3-31(12-20(32)29-22-17(26)9-6-10-18(22)27)24(33)15-11-19(14-7-4-5-8-16(14)25)28-23-21(15)13(2)30-34-23/h4-11H,3,12H2,1-2H3,(H,29,32). The van der Waals surface area contributed by atoms with Crippen LogP contribution < -0.4 is 5.32 Å². The summed E-state index contributed by atoms with van der Waals surface area (Å²) >= 11 is 0. The van der Waals surface area contributed by atoms with Crippen molar-refractivity contribution in [3.8, 4) is 11.3 Å². The number of likely N-dealkylation sites (N-methyl/N-ethyl adjacent to an activating group) is 1. The first-order chi connectivity index (χ1) is 16.3. The molecule has 0 atom stereocenters. The number of nitrogens with one attached hydrogen (secondary N) is 1. The van der Waals surface area contributed by atoms with E-state index < -0.39 is 41.5 Å². The molecule has 0 saturated carbocycles. The summed E-state index contributed by atoms with van der Waals surface area (Å²) < 4.78 is 47.4. The van der Waals surface area contributed by atoms with Crippen molar-refractivity contribution in [1.82, 2.24) is 15.0 Å². The molecule has 2 amide bonds. The number of halogens is 3. The highest BCUT2D eigenvalue weighted by atomic mass is 19.1. The van der Waals surface area contributed by atoms with E-state index in [0.29, 0.717) is 11.1 Å². The summed E-state index contributed by atoms with van der Waals surface area (Å²) in [6.07, 6.45) is 0. The van der Waals surface area contributed by atoms with E-state index in [0.717, 1.165) is 12.1 Å². The van der Waals surface area contributed by atoms with Gasteiger partial charge in [-0.3, -0.25) is 9.59 Å². The van der Waals surface area contributed by atoms with Gasteiger partial charge < -0.3 is 14.7 Å². The minimum Gasteiger partial charge on any atom is -0.335 e. The van der Waals surface area contributed by atoms with Crippen molar-refractivity contribution in [3.63, 3.8) is 0 Å². The van der Waals surface area contributed by atoms with Crippen LogP contribution in [0.15, 0.2) is 53.1 Å². The first kappa shape index (κ1) is 23.0. The van der Waals surface area contributed by atoms with Gasteiger partial charge in [0, 0.05) is 12.1 Å². The van der Waals surface area contributed by atoms with Crippen LogP contribution >= 0.6 is 0 Å². The van der Waals surface area contributed by atoms with Crippen molar-refractivity contribution < 1.29 is 27.3 Å². The molecule has 1 N–H and O–H groups in total. The van der Waals surface area contributed by atoms with Gasteiger partial charge in [0.1, 0.15) is 29.7 Å². The number of pyridine rings is 1. The van der Waals surface area contributed by atoms with Gasteiger partial charge in [-0.15, -0.1) is 0 Å². The Balaban J connectivity index is 1.68. The molecule has 4 aromatic rings. The molecule has 0 fully saturated rings. The van der Waals surface area contributed by atoms with Gasteiger partial charge in [0.2, 0.25) is 5.91 Å². The molecule has 4 rings (SSSR count). The van der Waals surface area contributed by atoms with Gasteiger partial charge in [0.05, 0.1) is 22.3 Å². The number of aromatic nitrogens is 2. The molecule has 10 heteroatoms. The molecule has 0 unspecified atom stereocenters. The number of fused-ring (bicyclic) bond motifs is 1. The number of aryl methyl sites for hydroxylation is 1. The predicted molar refractivity (Wildman–Crippen MR) is 119 cm³/mol. The molecule has 2 heterocycles. The number of hydrogen-bond donors (Lipinski definition) is 1. The molecule has 0 bridgehead atoms. The molecular formula is C24H19F3N4O3.